The van der Waals surface area contributed by atoms with Crippen LogP contribution in [0, 0.1) is 11.6 Å². The fraction of sp³-hybridized carbons (Fsp3) is 0.368. The van der Waals surface area contributed by atoms with Gasteiger partial charge in [-0.05, 0) is 18.9 Å². The van der Waals surface area contributed by atoms with Crippen LogP contribution in [0.1, 0.15) is 28.6 Å². The molecule has 2 aromatic heterocycles. The van der Waals surface area contributed by atoms with Crippen molar-refractivity contribution in [1.29, 1.82) is 0 Å². The highest BCUT2D eigenvalue weighted by Crippen LogP contribution is 2.45. The Morgan fingerprint density at radius 2 is 1.97 bits per heavy atom. The van der Waals surface area contributed by atoms with Gasteiger partial charge in [0.2, 0.25) is 5.43 Å². The predicted molar refractivity (Wildman–Crippen MR) is 107 cm³/mol. The van der Waals surface area contributed by atoms with Crippen molar-refractivity contribution in [2.45, 2.75) is 18.9 Å². The van der Waals surface area contributed by atoms with Gasteiger partial charge in [0.15, 0.2) is 11.6 Å². The summed E-state index contributed by atoms with van der Waals surface area (Å²) in [6.45, 7) is 2.10. The van der Waals surface area contributed by atoms with Gasteiger partial charge in [0.25, 0.3) is 5.91 Å². The van der Waals surface area contributed by atoms with E-state index in [0.717, 1.165) is 30.2 Å². The van der Waals surface area contributed by atoms with Gasteiger partial charge in [-0.15, -0.1) is 11.3 Å². The summed E-state index contributed by atoms with van der Waals surface area (Å²) in [7, 11) is 0. The molecule has 1 aliphatic carbocycles. The Bertz CT molecular complexity index is 1240. The van der Waals surface area contributed by atoms with Crippen molar-refractivity contribution in [1.82, 2.24) is 9.88 Å². The number of primary amides is 1. The molecule has 10 heteroatoms. The van der Waals surface area contributed by atoms with Crippen LogP contribution in [-0.4, -0.2) is 41.8 Å². The smallest absolute Gasteiger partial charge is 0.262 e. The third-order valence-corrected chi connectivity index (χ3v) is 6.73. The highest BCUT2D eigenvalue weighted by molar-refractivity contribution is 7.21. The molecule has 5 rings (SSSR count). The molecule has 0 spiro atoms. The van der Waals surface area contributed by atoms with E-state index in [1.54, 1.807) is 9.47 Å². The molecule has 7 nitrogen and oxygen atoms in total. The molecule has 152 valence electrons. The van der Waals surface area contributed by atoms with Gasteiger partial charge < -0.3 is 25.6 Å². The number of anilines is 1. The maximum Gasteiger partial charge on any atom is 0.262 e. The summed E-state index contributed by atoms with van der Waals surface area (Å²) >= 11 is 0.865. The fourth-order valence-corrected chi connectivity index (χ4v) is 5.18. The number of halogens is 2. The van der Waals surface area contributed by atoms with Crippen LogP contribution in [-0.2, 0) is 0 Å². The summed E-state index contributed by atoms with van der Waals surface area (Å²) in [6, 6.07) is 0.951. The normalized spacial score (nSPS) is 17.4. The number of fused-ring (bicyclic) bond motifs is 2. The summed E-state index contributed by atoms with van der Waals surface area (Å²) < 4.78 is 32.3. The number of nitrogens with one attached hydrogen (secondary N) is 1. The number of carbonyl (C=O) groups is 1. The topological polar surface area (TPSA) is 101 Å². The molecule has 3 aromatic rings. The zero-order chi connectivity index (χ0) is 20.4. The number of amides is 1. The minimum Gasteiger partial charge on any atom is -0.505 e. The summed E-state index contributed by atoms with van der Waals surface area (Å²) in [5.74, 6) is -3.00. The van der Waals surface area contributed by atoms with Gasteiger partial charge >= 0.3 is 0 Å². The van der Waals surface area contributed by atoms with Crippen LogP contribution in [0.15, 0.2) is 10.9 Å². The number of piperazine rings is 1. The molecule has 1 saturated heterocycles. The van der Waals surface area contributed by atoms with E-state index in [-0.39, 0.29) is 37.7 Å². The Labute approximate surface area is 167 Å². The Balaban J connectivity index is 1.92. The molecule has 2 aliphatic rings. The number of pyridine rings is 1. The first kappa shape index (κ1) is 18.3. The molecule has 1 amide bonds. The van der Waals surface area contributed by atoms with Crippen LogP contribution in [0.3, 0.4) is 0 Å². The zero-order valence-electron chi connectivity index (χ0n) is 15.3. The Kier molecular flexibility index (Phi) is 4.04. The lowest BCUT2D eigenvalue weighted by Gasteiger charge is -2.30. The molecular weight excluding hydrogens is 402 g/mol. The van der Waals surface area contributed by atoms with Crippen molar-refractivity contribution < 1.29 is 18.7 Å². The molecule has 2 fully saturated rings. The van der Waals surface area contributed by atoms with Crippen molar-refractivity contribution in [2.75, 3.05) is 31.1 Å². The fourth-order valence-electron chi connectivity index (χ4n) is 4.06. The Morgan fingerprint density at radius 1 is 1.28 bits per heavy atom. The average molecular weight is 420 g/mol. The summed E-state index contributed by atoms with van der Waals surface area (Å²) in [5, 5.41) is 13.3. The average Bonchev–Trinajstić information content (AvgIpc) is 3.46. The molecule has 4 N–H and O–H groups in total. The first-order valence-electron chi connectivity index (χ1n) is 9.37. The SMILES string of the molecule is NC(=O)c1sc2c(c1O)c(=O)c1cc(F)c(N3CCNCC3)c(F)c1n2C1CC1. The number of carbonyl (C=O) groups excluding carboxylic acids is 1. The second kappa shape index (κ2) is 6.39. The van der Waals surface area contributed by atoms with Gasteiger partial charge in [0.1, 0.15) is 26.6 Å². The monoisotopic (exact) mass is 420 g/mol. The molecule has 0 unspecified atom stereocenters. The first-order valence-corrected chi connectivity index (χ1v) is 10.2. The second-order valence-electron chi connectivity index (χ2n) is 7.41. The zero-order valence-corrected chi connectivity index (χ0v) is 16.1. The van der Waals surface area contributed by atoms with Gasteiger partial charge in [-0.1, -0.05) is 0 Å². The van der Waals surface area contributed by atoms with E-state index in [2.05, 4.69) is 5.32 Å². The van der Waals surface area contributed by atoms with E-state index in [1.807, 2.05) is 0 Å². The van der Waals surface area contributed by atoms with Gasteiger partial charge in [-0.3, -0.25) is 9.59 Å². The molecule has 1 saturated carbocycles. The molecule has 0 bridgehead atoms. The summed E-state index contributed by atoms with van der Waals surface area (Å²) in [5.41, 5.74) is 4.48. The molecule has 29 heavy (non-hydrogen) atoms. The number of nitrogens with two attached hydrogens (primary N) is 1. The maximum atomic E-state index is 15.7. The van der Waals surface area contributed by atoms with Gasteiger partial charge in [0, 0.05) is 32.2 Å². The van der Waals surface area contributed by atoms with Gasteiger partial charge in [-0.25, -0.2) is 8.78 Å². The number of rotatable bonds is 3. The van der Waals surface area contributed by atoms with Crippen LogP contribution in [0.5, 0.6) is 5.75 Å². The minimum atomic E-state index is -0.873. The number of aromatic hydroxyl groups is 1. The van der Waals surface area contributed by atoms with E-state index in [0.29, 0.717) is 26.2 Å². The van der Waals surface area contributed by atoms with Crippen LogP contribution in [0.2, 0.25) is 0 Å². The van der Waals surface area contributed by atoms with Crippen molar-refractivity contribution >= 4 is 44.1 Å². The van der Waals surface area contributed by atoms with E-state index < -0.39 is 28.7 Å². The summed E-state index contributed by atoms with van der Waals surface area (Å²) in [6.07, 6.45) is 1.52. The van der Waals surface area contributed by atoms with Crippen molar-refractivity contribution in [3.8, 4) is 5.75 Å². The van der Waals surface area contributed by atoms with Gasteiger partial charge in [0.05, 0.1) is 10.9 Å². The Morgan fingerprint density at radius 3 is 2.59 bits per heavy atom. The maximum absolute atomic E-state index is 15.7. The molecule has 0 radical (unpaired) electrons. The summed E-state index contributed by atoms with van der Waals surface area (Å²) in [4.78, 5) is 26.5. The van der Waals surface area contributed by atoms with E-state index in [9.17, 15) is 19.1 Å². The lowest BCUT2D eigenvalue weighted by Crippen LogP contribution is -2.44. The van der Waals surface area contributed by atoms with E-state index in [4.69, 9.17) is 5.73 Å². The van der Waals surface area contributed by atoms with Crippen molar-refractivity contribution in [3.63, 3.8) is 0 Å². The third kappa shape index (κ3) is 2.62. The number of thiophene rings is 1. The van der Waals surface area contributed by atoms with Gasteiger partial charge in [-0.2, -0.15) is 0 Å². The minimum absolute atomic E-state index is 0.0113. The molecule has 1 aromatic carbocycles. The van der Waals surface area contributed by atoms with Crippen LogP contribution >= 0.6 is 11.3 Å². The highest BCUT2D eigenvalue weighted by Gasteiger charge is 2.33. The number of nitrogens with zero attached hydrogens (tertiary/aromatic N) is 2. The number of benzene rings is 1. The molecule has 0 atom stereocenters. The number of hydrogen-bond acceptors (Lipinski definition) is 6. The highest BCUT2D eigenvalue weighted by atomic mass is 32.1. The number of hydrogen-bond donors (Lipinski definition) is 3. The third-order valence-electron chi connectivity index (χ3n) is 5.53. The largest absolute Gasteiger partial charge is 0.505 e. The molecule has 1 aliphatic heterocycles. The second-order valence-corrected chi connectivity index (χ2v) is 8.41. The van der Waals surface area contributed by atoms with Crippen molar-refractivity contribution in [3.05, 3.63) is 32.8 Å². The standard InChI is InChI=1S/C19H18F2N4O3S/c20-10-7-9-13(12(21)14(10)24-5-3-23-4-6-24)25(8-1-2-8)19-11(15(9)26)16(27)17(29-19)18(22)28/h7-8,23,27H,1-6H2,(H2,22,28). The molecular formula is C19H18F2N4O3S. The van der Waals surface area contributed by atoms with Crippen LogP contribution < -0.4 is 21.4 Å². The quantitative estimate of drug-likeness (QED) is 0.602. The van der Waals surface area contributed by atoms with E-state index >= 15 is 4.39 Å². The van der Waals surface area contributed by atoms with Crippen LogP contribution in [0.25, 0.3) is 21.1 Å². The number of aromatic nitrogens is 1. The lowest BCUT2D eigenvalue weighted by molar-refractivity contribution is 0.100. The predicted octanol–water partition coefficient (Wildman–Crippen LogP) is 2.04. The van der Waals surface area contributed by atoms with Crippen molar-refractivity contribution in [2.24, 2.45) is 5.73 Å². The molecule has 3 heterocycles. The van der Waals surface area contributed by atoms with E-state index in [1.165, 1.54) is 0 Å². The van der Waals surface area contributed by atoms with Crippen LogP contribution in [0.4, 0.5) is 14.5 Å². The Hall–Kier alpha value is -2.72. The first-order chi connectivity index (χ1) is 13.9. The lowest BCUT2D eigenvalue weighted by atomic mass is 10.1.